The van der Waals surface area contributed by atoms with E-state index < -0.39 is 0 Å². The van der Waals surface area contributed by atoms with E-state index in [1.807, 2.05) is 0 Å². The minimum Gasteiger partial charge on any atom is -0.299 e. The van der Waals surface area contributed by atoms with Crippen molar-refractivity contribution in [2.75, 3.05) is 0 Å². The van der Waals surface area contributed by atoms with E-state index in [-0.39, 0.29) is 0 Å². The van der Waals surface area contributed by atoms with Crippen molar-refractivity contribution < 1.29 is 4.79 Å². The Kier molecular flexibility index (Phi) is 1.64. The molecular weight excluding hydrogens is 148 g/mol. The molecule has 1 heteroatoms. The number of fused-ring (bicyclic) bond motifs is 1. The maximum absolute atomic E-state index is 10.3. The Morgan fingerprint density at radius 3 is 2.75 bits per heavy atom. The van der Waals surface area contributed by atoms with Crippen molar-refractivity contribution in [2.45, 2.75) is 33.1 Å². The van der Waals surface area contributed by atoms with E-state index in [0.29, 0.717) is 5.41 Å². The second-order valence-electron chi connectivity index (χ2n) is 4.52. The van der Waals surface area contributed by atoms with Gasteiger partial charge in [-0.25, -0.2) is 0 Å². The summed E-state index contributed by atoms with van der Waals surface area (Å²) in [5.74, 6) is 1.56. The highest BCUT2D eigenvalue weighted by Gasteiger charge is 2.60. The molecule has 2 atom stereocenters. The van der Waals surface area contributed by atoms with E-state index in [1.54, 1.807) is 6.08 Å². The van der Waals surface area contributed by atoms with Crippen molar-refractivity contribution in [3.63, 3.8) is 0 Å². The maximum Gasteiger partial charge on any atom is 0.142 e. The van der Waals surface area contributed by atoms with Gasteiger partial charge in [0, 0.05) is 0 Å². The van der Waals surface area contributed by atoms with Crippen LogP contribution in [0.3, 0.4) is 0 Å². The van der Waals surface area contributed by atoms with E-state index in [2.05, 4.69) is 13.8 Å². The minimum atomic E-state index is 0.606. The Morgan fingerprint density at radius 2 is 2.33 bits per heavy atom. The second kappa shape index (κ2) is 2.45. The number of hydrogen-bond acceptors (Lipinski definition) is 1. The fraction of sp³-hybridized carbons (Fsp3) is 0.727. The van der Waals surface area contributed by atoms with Gasteiger partial charge in [0.05, 0.1) is 0 Å². The Hall–Kier alpha value is -0.590. The zero-order valence-corrected chi connectivity index (χ0v) is 7.84. The Bertz CT molecular complexity index is 239. The highest BCUT2D eigenvalue weighted by atomic mass is 16.1. The summed E-state index contributed by atoms with van der Waals surface area (Å²) in [4.78, 5) is 10.3. The molecule has 2 aliphatic rings. The molecule has 2 unspecified atom stereocenters. The fourth-order valence-electron chi connectivity index (χ4n) is 2.86. The van der Waals surface area contributed by atoms with Crippen molar-refractivity contribution in [2.24, 2.45) is 17.3 Å². The van der Waals surface area contributed by atoms with Gasteiger partial charge in [0.15, 0.2) is 0 Å². The normalized spacial score (nSPS) is 41.9. The van der Waals surface area contributed by atoms with E-state index in [9.17, 15) is 4.79 Å². The first-order valence-electron chi connectivity index (χ1n) is 4.85. The lowest BCUT2D eigenvalue weighted by Crippen LogP contribution is -2.07. The van der Waals surface area contributed by atoms with Gasteiger partial charge < -0.3 is 0 Å². The molecule has 2 aliphatic carbocycles. The van der Waals surface area contributed by atoms with Crippen LogP contribution in [-0.4, -0.2) is 6.29 Å². The SMILES string of the molecule is CC(C)C12CC/C(=C\C=O)C1C2. The molecule has 0 saturated heterocycles. The predicted octanol–water partition coefficient (Wildman–Crippen LogP) is 2.57. The van der Waals surface area contributed by atoms with Crippen LogP contribution in [0.25, 0.3) is 0 Å². The summed E-state index contributed by atoms with van der Waals surface area (Å²) in [6, 6.07) is 0. The zero-order chi connectivity index (χ0) is 8.77. The smallest absolute Gasteiger partial charge is 0.142 e. The molecule has 0 radical (unpaired) electrons. The average molecular weight is 164 g/mol. The molecule has 0 spiro atoms. The van der Waals surface area contributed by atoms with Gasteiger partial charge in [-0.15, -0.1) is 0 Å². The summed E-state index contributed by atoms with van der Waals surface area (Å²) in [5.41, 5.74) is 2.02. The quantitative estimate of drug-likeness (QED) is 0.453. The van der Waals surface area contributed by atoms with E-state index in [4.69, 9.17) is 0 Å². The van der Waals surface area contributed by atoms with Gasteiger partial charge in [-0.1, -0.05) is 19.4 Å². The lowest BCUT2D eigenvalue weighted by atomic mass is 9.90. The Balaban J connectivity index is 2.15. The molecule has 0 aliphatic heterocycles. The molecule has 0 N–H and O–H groups in total. The van der Waals surface area contributed by atoms with E-state index >= 15 is 0 Å². The summed E-state index contributed by atoms with van der Waals surface area (Å²) in [6.45, 7) is 4.62. The first-order valence-corrected chi connectivity index (χ1v) is 4.85. The van der Waals surface area contributed by atoms with Gasteiger partial charge in [0.25, 0.3) is 0 Å². The topological polar surface area (TPSA) is 17.1 Å². The highest BCUT2D eigenvalue weighted by Crippen LogP contribution is 2.69. The van der Waals surface area contributed by atoms with Crippen LogP contribution in [-0.2, 0) is 4.79 Å². The third-order valence-electron chi connectivity index (χ3n) is 3.88. The van der Waals surface area contributed by atoms with Crippen molar-refractivity contribution >= 4 is 6.29 Å². The molecule has 0 amide bonds. The monoisotopic (exact) mass is 164 g/mol. The van der Waals surface area contributed by atoms with Gasteiger partial charge in [0.1, 0.15) is 6.29 Å². The van der Waals surface area contributed by atoms with Gasteiger partial charge >= 0.3 is 0 Å². The molecule has 2 saturated carbocycles. The number of aldehydes is 1. The van der Waals surface area contributed by atoms with Crippen LogP contribution in [0.5, 0.6) is 0 Å². The largest absolute Gasteiger partial charge is 0.299 e. The lowest BCUT2D eigenvalue weighted by Gasteiger charge is -2.15. The van der Waals surface area contributed by atoms with Crippen LogP contribution >= 0.6 is 0 Å². The molecule has 66 valence electrons. The lowest BCUT2D eigenvalue weighted by molar-refractivity contribution is -0.104. The standard InChI is InChI=1S/C11H16O/c1-8(2)11-5-3-9(4-6-12)10(11)7-11/h4,6,8,10H,3,5,7H2,1-2H3/b9-4+. The summed E-state index contributed by atoms with van der Waals surface area (Å²) < 4.78 is 0. The number of allylic oxidation sites excluding steroid dienone is 2. The third-order valence-corrected chi connectivity index (χ3v) is 3.88. The molecular formula is C11H16O. The van der Waals surface area contributed by atoms with Crippen molar-refractivity contribution in [1.29, 1.82) is 0 Å². The summed E-state index contributed by atoms with van der Waals surface area (Å²) in [5, 5.41) is 0. The van der Waals surface area contributed by atoms with Crippen LogP contribution in [0, 0.1) is 17.3 Å². The van der Waals surface area contributed by atoms with Crippen LogP contribution in [0.1, 0.15) is 33.1 Å². The molecule has 2 fully saturated rings. The minimum absolute atomic E-state index is 0.606. The average Bonchev–Trinajstić information content (AvgIpc) is 2.67. The number of carbonyl (C=O) groups excluding carboxylic acids is 1. The molecule has 0 bridgehead atoms. The molecule has 12 heavy (non-hydrogen) atoms. The second-order valence-corrected chi connectivity index (χ2v) is 4.52. The van der Waals surface area contributed by atoms with Gasteiger partial charge in [-0.3, -0.25) is 4.79 Å². The highest BCUT2D eigenvalue weighted by molar-refractivity contribution is 5.67. The first kappa shape index (κ1) is 8.03. The third kappa shape index (κ3) is 0.886. The number of hydrogen-bond donors (Lipinski definition) is 0. The van der Waals surface area contributed by atoms with Crippen molar-refractivity contribution in [1.82, 2.24) is 0 Å². The van der Waals surface area contributed by atoms with Crippen molar-refractivity contribution in [3.05, 3.63) is 11.6 Å². The van der Waals surface area contributed by atoms with Crippen molar-refractivity contribution in [3.8, 4) is 0 Å². The predicted molar refractivity (Wildman–Crippen MR) is 48.8 cm³/mol. The van der Waals surface area contributed by atoms with E-state index in [1.165, 1.54) is 24.8 Å². The summed E-state index contributed by atoms with van der Waals surface area (Å²) >= 11 is 0. The van der Waals surface area contributed by atoms with Gasteiger partial charge in [-0.2, -0.15) is 0 Å². The molecule has 1 nitrogen and oxygen atoms in total. The zero-order valence-electron chi connectivity index (χ0n) is 7.84. The summed E-state index contributed by atoms with van der Waals surface area (Å²) in [7, 11) is 0. The van der Waals surface area contributed by atoms with Gasteiger partial charge in [-0.05, 0) is 42.6 Å². The van der Waals surface area contributed by atoms with Crippen LogP contribution in [0.15, 0.2) is 11.6 Å². The molecule has 0 aromatic carbocycles. The molecule has 0 aromatic rings. The maximum atomic E-state index is 10.3. The fourth-order valence-corrected chi connectivity index (χ4v) is 2.86. The van der Waals surface area contributed by atoms with Crippen LogP contribution in [0.2, 0.25) is 0 Å². The Morgan fingerprint density at radius 1 is 1.58 bits per heavy atom. The number of carbonyl (C=O) groups is 1. The molecule has 0 aromatic heterocycles. The van der Waals surface area contributed by atoms with Crippen LogP contribution < -0.4 is 0 Å². The van der Waals surface area contributed by atoms with Gasteiger partial charge in [0.2, 0.25) is 0 Å². The molecule has 0 heterocycles. The molecule has 2 rings (SSSR count). The van der Waals surface area contributed by atoms with E-state index in [0.717, 1.165) is 18.1 Å². The Labute approximate surface area is 73.8 Å². The van der Waals surface area contributed by atoms with Crippen LogP contribution in [0.4, 0.5) is 0 Å². The first-order chi connectivity index (χ1) is 5.70. The number of rotatable bonds is 2. The summed E-state index contributed by atoms with van der Waals surface area (Å²) in [6.07, 6.45) is 6.56.